The van der Waals surface area contributed by atoms with E-state index in [0.717, 1.165) is 11.1 Å². The standard InChI is InChI=1S/C24H24FN5O4/c25-15-8-6-14(7-9-15)18-17-16(13-4-2-1-3-5-13)10-30(21(17)29-23(27)28-18)22-19(32)20(33)24(11-26,12-31)34-22/h1-10,19-20,22,31-33H,11-12,26H2,(H2,27,28,29)/t19-,20+,22-,24-/m1/s1. The van der Waals surface area contributed by atoms with Gasteiger partial charge in [0.25, 0.3) is 0 Å². The van der Waals surface area contributed by atoms with Gasteiger partial charge in [-0.2, -0.15) is 4.98 Å². The van der Waals surface area contributed by atoms with Crippen LogP contribution in [-0.4, -0.2) is 60.8 Å². The van der Waals surface area contributed by atoms with Gasteiger partial charge in [0.05, 0.1) is 17.7 Å². The smallest absolute Gasteiger partial charge is 0.222 e. The summed E-state index contributed by atoms with van der Waals surface area (Å²) in [6, 6.07) is 15.3. The molecular weight excluding hydrogens is 441 g/mol. The van der Waals surface area contributed by atoms with Crippen LogP contribution in [0, 0.1) is 5.82 Å². The molecule has 0 spiro atoms. The van der Waals surface area contributed by atoms with Crippen molar-refractivity contribution in [2.45, 2.75) is 24.0 Å². The van der Waals surface area contributed by atoms with Crippen LogP contribution in [0.2, 0.25) is 0 Å². The lowest BCUT2D eigenvalue weighted by molar-refractivity contribution is -0.121. The highest BCUT2D eigenvalue weighted by atomic mass is 19.1. The summed E-state index contributed by atoms with van der Waals surface area (Å²) in [7, 11) is 0. The van der Waals surface area contributed by atoms with Gasteiger partial charge in [-0.15, -0.1) is 0 Å². The van der Waals surface area contributed by atoms with E-state index in [1.165, 1.54) is 12.1 Å². The maximum absolute atomic E-state index is 13.6. The largest absolute Gasteiger partial charge is 0.393 e. The molecule has 5 rings (SSSR count). The van der Waals surface area contributed by atoms with Gasteiger partial charge in [0.1, 0.15) is 29.3 Å². The summed E-state index contributed by atoms with van der Waals surface area (Å²) in [6.07, 6.45) is -2.21. The highest BCUT2D eigenvalue weighted by Gasteiger charge is 2.54. The molecule has 1 saturated heterocycles. The summed E-state index contributed by atoms with van der Waals surface area (Å²) >= 11 is 0. The number of hydrogen-bond donors (Lipinski definition) is 5. The van der Waals surface area contributed by atoms with E-state index < -0.39 is 30.6 Å². The number of halogens is 1. The van der Waals surface area contributed by atoms with Gasteiger partial charge in [-0.05, 0) is 29.8 Å². The number of hydrogen-bond acceptors (Lipinski definition) is 8. The average molecular weight is 465 g/mol. The fraction of sp³-hybridized carbons (Fsp3) is 0.250. The number of ether oxygens (including phenoxy) is 1. The van der Waals surface area contributed by atoms with E-state index in [1.54, 1.807) is 22.9 Å². The maximum atomic E-state index is 13.6. The number of nitrogen functional groups attached to an aromatic ring is 1. The first-order valence-corrected chi connectivity index (χ1v) is 10.7. The lowest BCUT2D eigenvalue weighted by Gasteiger charge is -2.28. The van der Waals surface area contributed by atoms with Crippen LogP contribution in [0.4, 0.5) is 10.3 Å². The van der Waals surface area contributed by atoms with Crippen molar-refractivity contribution in [1.29, 1.82) is 0 Å². The highest BCUT2D eigenvalue weighted by molar-refractivity contribution is 6.03. The zero-order chi connectivity index (χ0) is 24.0. The highest BCUT2D eigenvalue weighted by Crippen LogP contribution is 2.42. The van der Waals surface area contributed by atoms with Crippen molar-refractivity contribution in [1.82, 2.24) is 14.5 Å². The summed E-state index contributed by atoms with van der Waals surface area (Å²) in [5.74, 6) is -0.424. The van der Waals surface area contributed by atoms with Crippen molar-refractivity contribution in [3.8, 4) is 22.4 Å². The molecule has 0 radical (unpaired) electrons. The van der Waals surface area contributed by atoms with Gasteiger partial charge < -0.3 is 36.1 Å². The number of fused-ring (bicyclic) bond motifs is 1. The van der Waals surface area contributed by atoms with Gasteiger partial charge in [0, 0.05) is 23.9 Å². The number of nitrogens with zero attached hydrogens (tertiary/aromatic N) is 3. The van der Waals surface area contributed by atoms with Crippen molar-refractivity contribution < 1.29 is 24.4 Å². The number of benzene rings is 2. The predicted molar refractivity (Wildman–Crippen MR) is 124 cm³/mol. The zero-order valence-corrected chi connectivity index (χ0v) is 18.0. The van der Waals surface area contributed by atoms with Gasteiger partial charge in [0.2, 0.25) is 5.95 Å². The molecule has 176 valence electrons. The minimum atomic E-state index is -1.54. The second kappa shape index (κ2) is 8.42. The van der Waals surface area contributed by atoms with Crippen molar-refractivity contribution in [3.63, 3.8) is 0 Å². The monoisotopic (exact) mass is 465 g/mol. The Labute approximate surface area is 194 Å². The van der Waals surface area contributed by atoms with Crippen molar-refractivity contribution >= 4 is 17.0 Å². The number of nitrogens with two attached hydrogens (primary N) is 2. The number of aliphatic hydroxyl groups excluding tert-OH is 3. The van der Waals surface area contributed by atoms with E-state index in [-0.39, 0.29) is 18.3 Å². The van der Waals surface area contributed by atoms with E-state index in [1.807, 2.05) is 30.3 Å². The SMILES string of the molecule is NC[C@]1(CO)O[C@@H](n2cc(-c3ccccc3)c3c(-c4ccc(F)cc4)nc(N)nc32)[C@H](O)[C@@H]1O. The van der Waals surface area contributed by atoms with E-state index in [4.69, 9.17) is 16.2 Å². The van der Waals surface area contributed by atoms with Crippen molar-refractivity contribution in [3.05, 3.63) is 66.6 Å². The lowest BCUT2D eigenvalue weighted by atomic mass is 9.96. The Balaban J connectivity index is 1.79. The van der Waals surface area contributed by atoms with Gasteiger partial charge in [0.15, 0.2) is 6.23 Å². The second-order valence-electron chi connectivity index (χ2n) is 8.32. The van der Waals surface area contributed by atoms with Crippen LogP contribution < -0.4 is 11.5 Å². The van der Waals surface area contributed by atoms with Gasteiger partial charge >= 0.3 is 0 Å². The minimum absolute atomic E-state index is 0.0360. The normalized spacial score (nSPS) is 24.7. The molecule has 0 amide bonds. The first-order chi connectivity index (χ1) is 16.4. The Morgan fingerprint density at radius 1 is 1.03 bits per heavy atom. The van der Waals surface area contributed by atoms with Gasteiger partial charge in [-0.25, -0.2) is 9.37 Å². The molecule has 9 nitrogen and oxygen atoms in total. The first kappa shape index (κ1) is 22.4. The molecule has 2 aromatic carbocycles. The van der Waals surface area contributed by atoms with Crippen molar-refractivity contribution in [2.75, 3.05) is 18.9 Å². The summed E-state index contributed by atoms with van der Waals surface area (Å²) in [4.78, 5) is 8.86. The first-order valence-electron chi connectivity index (χ1n) is 10.7. The summed E-state index contributed by atoms with van der Waals surface area (Å²) in [6.45, 7) is -0.790. The van der Waals surface area contributed by atoms with Crippen LogP contribution in [0.3, 0.4) is 0 Å². The summed E-state index contributed by atoms with van der Waals surface area (Å²) < 4.78 is 21.1. The molecule has 3 heterocycles. The van der Waals surface area contributed by atoms with E-state index in [2.05, 4.69) is 9.97 Å². The molecule has 4 aromatic rings. The average Bonchev–Trinajstić information content (AvgIpc) is 3.35. The Morgan fingerprint density at radius 2 is 1.74 bits per heavy atom. The van der Waals surface area contributed by atoms with Crippen molar-refractivity contribution in [2.24, 2.45) is 5.73 Å². The molecule has 0 aliphatic carbocycles. The maximum Gasteiger partial charge on any atom is 0.222 e. The van der Waals surface area contributed by atoms with Crippen LogP contribution in [-0.2, 0) is 4.74 Å². The molecule has 1 aliphatic heterocycles. The molecule has 1 fully saturated rings. The lowest BCUT2D eigenvalue weighted by Crippen LogP contribution is -2.51. The van der Waals surface area contributed by atoms with Crippen LogP contribution in [0.15, 0.2) is 60.8 Å². The molecule has 4 atom stereocenters. The number of aliphatic hydroxyl groups is 3. The topological polar surface area (TPSA) is 153 Å². The number of anilines is 1. The molecule has 0 saturated carbocycles. The third kappa shape index (κ3) is 3.44. The second-order valence-corrected chi connectivity index (χ2v) is 8.32. The Kier molecular flexibility index (Phi) is 5.54. The molecule has 2 aromatic heterocycles. The third-order valence-corrected chi connectivity index (χ3v) is 6.29. The molecule has 34 heavy (non-hydrogen) atoms. The summed E-state index contributed by atoms with van der Waals surface area (Å²) in [5.41, 5.74) is 13.3. The zero-order valence-electron chi connectivity index (χ0n) is 18.0. The van der Waals surface area contributed by atoms with E-state index >= 15 is 0 Å². The molecule has 1 aliphatic rings. The van der Waals surface area contributed by atoms with Gasteiger partial charge in [-0.1, -0.05) is 30.3 Å². The molecule has 0 unspecified atom stereocenters. The number of rotatable bonds is 5. The van der Waals surface area contributed by atoms with Crippen LogP contribution in [0.25, 0.3) is 33.4 Å². The molecule has 7 N–H and O–H groups in total. The quantitative estimate of drug-likeness (QED) is 0.297. The Hall–Kier alpha value is -3.41. The van der Waals surface area contributed by atoms with E-state index in [0.29, 0.717) is 22.3 Å². The van der Waals surface area contributed by atoms with Crippen LogP contribution in [0.5, 0.6) is 0 Å². The molecule has 10 heteroatoms. The summed E-state index contributed by atoms with van der Waals surface area (Å²) in [5, 5.41) is 31.9. The fourth-order valence-electron chi connectivity index (χ4n) is 4.45. The number of aromatic nitrogens is 3. The Morgan fingerprint density at radius 3 is 2.35 bits per heavy atom. The van der Waals surface area contributed by atoms with Crippen LogP contribution in [0.1, 0.15) is 6.23 Å². The molecule has 0 bridgehead atoms. The fourth-order valence-corrected chi connectivity index (χ4v) is 4.45. The third-order valence-electron chi connectivity index (χ3n) is 6.29. The minimum Gasteiger partial charge on any atom is -0.393 e. The predicted octanol–water partition coefficient (Wildman–Crippen LogP) is 1.43. The molecular formula is C24H24FN5O4. The Bertz CT molecular complexity index is 1320. The van der Waals surface area contributed by atoms with E-state index in [9.17, 15) is 19.7 Å². The van der Waals surface area contributed by atoms with Gasteiger partial charge in [-0.3, -0.25) is 0 Å². The van der Waals surface area contributed by atoms with Crippen LogP contribution >= 0.6 is 0 Å².